The second-order valence-corrected chi connectivity index (χ2v) is 14.2. The van der Waals surface area contributed by atoms with Gasteiger partial charge in [-0.25, -0.2) is 0 Å². The molecule has 0 aliphatic heterocycles. The lowest BCUT2D eigenvalue weighted by Gasteiger charge is -2.10. The molecule has 0 aliphatic carbocycles. The van der Waals surface area contributed by atoms with E-state index in [4.69, 9.17) is 0 Å². The maximum atomic E-state index is 11.3. The van der Waals surface area contributed by atoms with Crippen LogP contribution in [0.2, 0.25) is 0 Å². The lowest BCUT2D eigenvalue weighted by molar-refractivity contribution is -0.385. The van der Waals surface area contributed by atoms with Crippen LogP contribution in [0.1, 0.15) is 55.6 Å². The Hall–Kier alpha value is -8.22. The van der Waals surface area contributed by atoms with Crippen molar-refractivity contribution in [1.82, 2.24) is 0 Å². The number of hydrogen-bond acceptors (Lipinski definition) is 4. The van der Waals surface area contributed by atoms with Crippen molar-refractivity contribution in [2.75, 3.05) is 0 Å². The second kappa shape index (κ2) is 17.9. The summed E-state index contributed by atoms with van der Waals surface area (Å²) in [7, 11) is 0. The van der Waals surface area contributed by atoms with E-state index in [1.165, 1.54) is 0 Å². The fourth-order valence-electron chi connectivity index (χ4n) is 7.18. The van der Waals surface area contributed by atoms with Gasteiger partial charge in [0.1, 0.15) is 0 Å². The Kier molecular flexibility index (Phi) is 11.5. The first-order chi connectivity index (χ1) is 29.4. The predicted octanol–water partition coefficient (Wildman–Crippen LogP) is 14.2. The monoisotopic (exact) mass is 778 g/mol. The fraction of sp³-hybridized carbons (Fsp3) is 0. The van der Waals surface area contributed by atoms with Crippen molar-refractivity contribution in [2.24, 2.45) is 0 Å². The molecule has 0 bridgehead atoms. The van der Waals surface area contributed by atoms with E-state index < -0.39 is 0 Å². The summed E-state index contributed by atoms with van der Waals surface area (Å²) in [6.07, 6.45) is 12.8. The van der Waals surface area contributed by atoms with Gasteiger partial charge in [0, 0.05) is 24.3 Å². The highest BCUT2D eigenvalue weighted by Crippen LogP contribution is 2.31. The number of hydrogen-bond donors (Lipinski definition) is 0. The van der Waals surface area contributed by atoms with Crippen LogP contribution >= 0.6 is 0 Å². The van der Waals surface area contributed by atoms with Gasteiger partial charge in [-0.2, -0.15) is 0 Å². The standard InChI is InChI=1S/C54H38N2O4/c57-55(58)49-32-28-47(29-33-49)53(43-9-3-1-4-10-43)37-41-19-15-39(16-20-41)23-25-46-27-26-45-13-7-8-14-51(45)52(46)36-24-40-17-21-42(22-18-40)38-54(44-11-5-2-6-12-44)48-30-34-50(35-31-48)56(59)60/h1-38H. The molecule has 0 fully saturated rings. The van der Waals surface area contributed by atoms with Gasteiger partial charge in [-0.15, -0.1) is 0 Å². The van der Waals surface area contributed by atoms with Crippen molar-refractivity contribution in [1.29, 1.82) is 0 Å². The van der Waals surface area contributed by atoms with E-state index in [9.17, 15) is 20.2 Å². The SMILES string of the molecule is O=[N+]([O-])c1ccc(C(=Cc2ccc(C=Cc3ccc4ccccc4c3C=Cc3ccc(C=C(c4ccccc4)c4ccc([N+](=O)[O-])cc4)cc3)cc2)c2ccccc2)cc1. The van der Waals surface area contributed by atoms with E-state index in [2.05, 4.69) is 121 Å². The maximum absolute atomic E-state index is 11.3. The highest BCUT2D eigenvalue weighted by Gasteiger charge is 2.11. The third kappa shape index (κ3) is 9.15. The molecule has 60 heavy (non-hydrogen) atoms. The first kappa shape index (κ1) is 38.6. The molecule has 8 rings (SSSR count). The van der Waals surface area contributed by atoms with Gasteiger partial charge in [0.05, 0.1) is 9.85 Å². The van der Waals surface area contributed by atoms with Crippen LogP contribution in [-0.4, -0.2) is 9.85 Å². The maximum Gasteiger partial charge on any atom is 0.269 e. The smallest absolute Gasteiger partial charge is 0.258 e. The highest BCUT2D eigenvalue weighted by atomic mass is 16.6. The van der Waals surface area contributed by atoms with Crippen LogP contribution in [0.5, 0.6) is 0 Å². The molecule has 6 nitrogen and oxygen atoms in total. The molecule has 0 spiro atoms. The molecule has 0 aliphatic rings. The van der Waals surface area contributed by atoms with E-state index in [0.29, 0.717) is 0 Å². The largest absolute Gasteiger partial charge is 0.269 e. The minimum absolute atomic E-state index is 0.0618. The van der Waals surface area contributed by atoms with Gasteiger partial charge in [0.15, 0.2) is 0 Å². The zero-order chi connectivity index (χ0) is 41.3. The number of nitro groups is 2. The summed E-state index contributed by atoms with van der Waals surface area (Å²) in [4.78, 5) is 21.8. The van der Waals surface area contributed by atoms with E-state index in [1.54, 1.807) is 48.5 Å². The average molecular weight is 779 g/mol. The van der Waals surface area contributed by atoms with E-state index in [0.717, 1.165) is 77.6 Å². The van der Waals surface area contributed by atoms with Gasteiger partial charge in [0.25, 0.3) is 11.4 Å². The average Bonchev–Trinajstić information content (AvgIpc) is 3.30. The summed E-state index contributed by atoms with van der Waals surface area (Å²) in [6.45, 7) is 0. The van der Waals surface area contributed by atoms with Crippen molar-refractivity contribution < 1.29 is 9.85 Å². The van der Waals surface area contributed by atoms with Crippen LogP contribution in [0.15, 0.2) is 194 Å². The second-order valence-electron chi connectivity index (χ2n) is 14.2. The first-order valence-corrected chi connectivity index (χ1v) is 19.5. The number of rotatable bonds is 12. The van der Waals surface area contributed by atoms with Gasteiger partial charge in [-0.05, 0) is 114 Å². The van der Waals surface area contributed by atoms with Crippen molar-refractivity contribution in [3.8, 4) is 0 Å². The molecular weight excluding hydrogens is 741 g/mol. The summed E-state index contributed by atoms with van der Waals surface area (Å²) < 4.78 is 0. The molecule has 0 radical (unpaired) electrons. The van der Waals surface area contributed by atoms with Crippen molar-refractivity contribution in [3.05, 3.63) is 270 Å². The fourth-order valence-corrected chi connectivity index (χ4v) is 7.18. The zero-order valence-corrected chi connectivity index (χ0v) is 32.5. The normalized spacial score (nSPS) is 12.0. The van der Waals surface area contributed by atoms with Crippen LogP contribution in [0, 0.1) is 20.2 Å². The molecule has 0 amide bonds. The van der Waals surface area contributed by atoms with E-state index >= 15 is 0 Å². The lowest BCUT2D eigenvalue weighted by atomic mass is 9.95. The Morgan fingerprint density at radius 1 is 0.367 bits per heavy atom. The van der Waals surface area contributed by atoms with Crippen LogP contribution in [0.3, 0.4) is 0 Å². The Morgan fingerprint density at radius 2 is 0.767 bits per heavy atom. The molecule has 0 saturated heterocycles. The van der Waals surface area contributed by atoms with Crippen molar-refractivity contribution in [3.63, 3.8) is 0 Å². The number of nitro benzene ring substituents is 2. The summed E-state index contributed by atoms with van der Waals surface area (Å²) in [5.41, 5.74) is 12.3. The number of fused-ring (bicyclic) bond motifs is 1. The van der Waals surface area contributed by atoms with Gasteiger partial charge in [-0.1, -0.05) is 170 Å². The van der Waals surface area contributed by atoms with E-state index in [-0.39, 0.29) is 21.2 Å². The summed E-state index contributed by atoms with van der Waals surface area (Å²) in [6, 6.07) is 62.9. The predicted molar refractivity (Wildman–Crippen MR) is 248 cm³/mol. The molecule has 0 heterocycles. The lowest BCUT2D eigenvalue weighted by Crippen LogP contribution is -1.91. The van der Waals surface area contributed by atoms with Crippen molar-refractivity contribution in [2.45, 2.75) is 0 Å². The zero-order valence-electron chi connectivity index (χ0n) is 32.5. The topological polar surface area (TPSA) is 86.3 Å². The Labute approximate surface area is 348 Å². The third-order valence-corrected chi connectivity index (χ3v) is 10.3. The molecule has 0 unspecified atom stereocenters. The molecule has 0 atom stereocenters. The molecule has 0 aromatic heterocycles. The van der Waals surface area contributed by atoms with Crippen molar-refractivity contribution >= 4 is 69.7 Å². The minimum Gasteiger partial charge on any atom is -0.258 e. The van der Waals surface area contributed by atoms with Crippen LogP contribution in [-0.2, 0) is 0 Å². The molecule has 0 saturated carbocycles. The summed E-state index contributed by atoms with van der Waals surface area (Å²) in [5, 5.41) is 24.9. The number of non-ortho nitro benzene ring substituents is 2. The minimum atomic E-state index is -0.382. The van der Waals surface area contributed by atoms with Gasteiger partial charge < -0.3 is 0 Å². The van der Waals surface area contributed by atoms with Crippen LogP contribution < -0.4 is 0 Å². The van der Waals surface area contributed by atoms with Crippen LogP contribution in [0.25, 0.3) is 58.4 Å². The molecular formula is C54H38N2O4. The Balaban J connectivity index is 1.05. The number of benzene rings is 8. The van der Waals surface area contributed by atoms with Gasteiger partial charge in [-0.3, -0.25) is 20.2 Å². The van der Waals surface area contributed by atoms with Crippen LogP contribution in [0.4, 0.5) is 11.4 Å². The third-order valence-electron chi connectivity index (χ3n) is 10.3. The van der Waals surface area contributed by atoms with Gasteiger partial charge >= 0.3 is 0 Å². The highest BCUT2D eigenvalue weighted by molar-refractivity contribution is 5.98. The molecule has 8 aromatic rings. The molecule has 0 N–H and O–H groups in total. The molecule has 8 aromatic carbocycles. The Morgan fingerprint density at radius 3 is 1.23 bits per heavy atom. The molecule has 288 valence electrons. The quantitative estimate of drug-likeness (QED) is 0.0702. The summed E-state index contributed by atoms with van der Waals surface area (Å²) >= 11 is 0. The number of nitrogens with zero attached hydrogens (tertiary/aromatic N) is 2. The molecule has 6 heteroatoms. The first-order valence-electron chi connectivity index (χ1n) is 19.5. The van der Waals surface area contributed by atoms with Gasteiger partial charge in [0.2, 0.25) is 0 Å². The Bertz CT molecular complexity index is 2910. The summed E-state index contributed by atoms with van der Waals surface area (Å²) in [5.74, 6) is 0. The van der Waals surface area contributed by atoms with E-state index in [1.807, 2.05) is 60.7 Å².